The second kappa shape index (κ2) is 10.6. The molecule has 0 amide bonds. The number of hydrogen-bond acceptors (Lipinski definition) is 10. The first-order chi connectivity index (χ1) is 19.4. The molecule has 3 aliphatic heterocycles. The van der Waals surface area contributed by atoms with Gasteiger partial charge in [-0.25, -0.2) is 0 Å². The number of methoxy groups -OCH3 is 3. The highest BCUT2D eigenvalue weighted by molar-refractivity contribution is 5.83. The summed E-state index contributed by atoms with van der Waals surface area (Å²) in [5.74, 6) is 2.38. The second-order valence-corrected chi connectivity index (χ2v) is 11.1. The van der Waals surface area contributed by atoms with Crippen LogP contribution >= 0.6 is 0 Å². The fourth-order valence-corrected chi connectivity index (χ4v) is 6.32. The molecule has 1 saturated heterocycles. The zero-order valence-corrected chi connectivity index (χ0v) is 23.6. The Morgan fingerprint density at radius 2 is 1.68 bits per heavy atom. The minimum absolute atomic E-state index is 0.0774. The van der Waals surface area contributed by atoms with Gasteiger partial charge < -0.3 is 43.0 Å². The number of phenols is 1. The van der Waals surface area contributed by atoms with E-state index >= 15 is 0 Å². The summed E-state index contributed by atoms with van der Waals surface area (Å²) in [5.41, 5.74) is 2.20. The summed E-state index contributed by atoms with van der Waals surface area (Å²) in [5, 5.41) is 10.6. The molecule has 40 heavy (non-hydrogen) atoms. The third kappa shape index (κ3) is 4.47. The van der Waals surface area contributed by atoms with Crippen LogP contribution < -0.4 is 23.7 Å². The van der Waals surface area contributed by atoms with Crippen molar-refractivity contribution in [3.63, 3.8) is 0 Å². The highest BCUT2D eigenvalue weighted by Gasteiger charge is 2.46. The van der Waals surface area contributed by atoms with Crippen LogP contribution in [0.2, 0.25) is 0 Å². The SMILES string of the molecule is COc1cc(-c2c([C@@H]3O[C@@H](OC4CCC5(CC4)CN=CO5)[C@H](C)[C@H]3C)cc3c(c2OC)OCO3)cc(OC)c1O. The normalized spacial score (nSPS) is 30.5. The largest absolute Gasteiger partial charge is 0.502 e. The van der Waals surface area contributed by atoms with Gasteiger partial charge in [-0.1, -0.05) is 13.8 Å². The van der Waals surface area contributed by atoms with E-state index in [1.54, 1.807) is 25.6 Å². The molecule has 2 fully saturated rings. The number of rotatable bonds is 7. The van der Waals surface area contributed by atoms with Crippen molar-refractivity contribution in [1.82, 2.24) is 0 Å². The highest BCUT2D eigenvalue weighted by Crippen LogP contribution is 2.56. The van der Waals surface area contributed by atoms with E-state index in [1.807, 2.05) is 6.07 Å². The van der Waals surface area contributed by atoms with Crippen LogP contribution in [0.4, 0.5) is 0 Å². The van der Waals surface area contributed by atoms with E-state index in [0.717, 1.165) is 48.9 Å². The third-order valence-electron chi connectivity index (χ3n) is 8.87. The van der Waals surface area contributed by atoms with Gasteiger partial charge in [0.2, 0.25) is 18.3 Å². The van der Waals surface area contributed by atoms with Crippen LogP contribution in [0.1, 0.15) is 51.2 Å². The van der Waals surface area contributed by atoms with Crippen LogP contribution in [-0.2, 0) is 14.2 Å². The maximum atomic E-state index is 10.6. The maximum Gasteiger partial charge on any atom is 0.231 e. The Morgan fingerprint density at radius 1 is 0.950 bits per heavy atom. The van der Waals surface area contributed by atoms with Crippen molar-refractivity contribution in [2.24, 2.45) is 16.8 Å². The molecule has 1 saturated carbocycles. The maximum absolute atomic E-state index is 10.6. The molecular weight excluding hydrogens is 518 g/mol. The standard InChI is InChI=1S/C30H37NO9/c1-16-17(2)29(39-19-6-8-30(9-7-19)13-31-14-38-30)40-26(16)20-12-23-27(37-15-36-23)28(35-5)24(20)18-10-21(33-3)25(32)22(11-18)34-4/h10-12,14,16-17,19,26,29,32H,6-9,13,15H2,1-5H3/t16-,17-,19?,26-,29-,30?/m1/s1. The van der Waals surface area contributed by atoms with E-state index in [0.29, 0.717) is 17.2 Å². The number of nitrogens with zero attached hydrogens (tertiary/aromatic N) is 1. The van der Waals surface area contributed by atoms with Crippen LogP contribution in [0.5, 0.6) is 34.5 Å². The molecule has 4 atom stereocenters. The van der Waals surface area contributed by atoms with Crippen molar-refractivity contribution in [3.8, 4) is 45.6 Å². The molecule has 2 aromatic rings. The average molecular weight is 556 g/mol. The third-order valence-corrected chi connectivity index (χ3v) is 8.87. The van der Waals surface area contributed by atoms with Gasteiger partial charge in [-0.05, 0) is 60.9 Å². The predicted octanol–water partition coefficient (Wildman–Crippen LogP) is 5.24. The first-order valence-electron chi connectivity index (χ1n) is 13.8. The lowest BCUT2D eigenvalue weighted by molar-refractivity contribution is -0.188. The average Bonchev–Trinajstić information content (AvgIpc) is 3.70. The molecule has 10 nitrogen and oxygen atoms in total. The van der Waals surface area contributed by atoms with Crippen molar-refractivity contribution in [3.05, 3.63) is 23.8 Å². The van der Waals surface area contributed by atoms with Gasteiger partial charge in [0.25, 0.3) is 0 Å². The van der Waals surface area contributed by atoms with Gasteiger partial charge >= 0.3 is 0 Å². The van der Waals surface area contributed by atoms with Gasteiger partial charge in [0, 0.05) is 11.5 Å². The van der Waals surface area contributed by atoms with Crippen molar-refractivity contribution in [1.29, 1.82) is 0 Å². The smallest absolute Gasteiger partial charge is 0.231 e. The molecule has 3 heterocycles. The summed E-state index contributed by atoms with van der Waals surface area (Å²) in [6.07, 6.45) is 4.67. The fourth-order valence-electron chi connectivity index (χ4n) is 6.32. The predicted molar refractivity (Wildman–Crippen MR) is 146 cm³/mol. The monoisotopic (exact) mass is 555 g/mol. The van der Waals surface area contributed by atoms with Gasteiger partial charge in [0.05, 0.1) is 40.1 Å². The number of benzene rings is 2. The lowest BCUT2D eigenvalue weighted by Gasteiger charge is -2.36. The lowest BCUT2D eigenvalue weighted by Crippen LogP contribution is -2.40. The van der Waals surface area contributed by atoms with Gasteiger partial charge in [0.1, 0.15) is 5.60 Å². The second-order valence-electron chi connectivity index (χ2n) is 11.1. The van der Waals surface area contributed by atoms with E-state index in [1.165, 1.54) is 14.2 Å². The summed E-state index contributed by atoms with van der Waals surface area (Å²) >= 11 is 0. The van der Waals surface area contributed by atoms with Crippen LogP contribution in [-0.4, -0.2) is 64.2 Å². The van der Waals surface area contributed by atoms with Crippen molar-refractivity contribution in [2.45, 2.75) is 63.6 Å². The fraction of sp³-hybridized carbons (Fsp3) is 0.567. The number of fused-ring (bicyclic) bond motifs is 1. The van der Waals surface area contributed by atoms with E-state index in [9.17, 15) is 5.11 Å². The summed E-state index contributed by atoms with van der Waals surface area (Å²) < 4.78 is 47.6. The van der Waals surface area contributed by atoms with Crippen LogP contribution in [0.3, 0.4) is 0 Å². The zero-order valence-electron chi connectivity index (χ0n) is 23.6. The minimum atomic E-state index is -0.368. The van der Waals surface area contributed by atoms with Gasteiger partial charge in [-0.3, -0.25) is 4.99 Å². The summed E-state index contributed by atoms with van der Waals surface area (Å²) in [6, 6.07) is 5.47. The molecule has 0 bridgehead atoms. The molecule has 6 rings (SSSR count). The van der Waals surface area contributed by atoms with Crippen LogP contribution in [0.15, 0.2) is 23.2 Å². The molecule has 2 aromatic carbocycles. The number of phenolic OH excluding ortho intramolecular Hbond substituents is 1. The van der Waals surface area contributed by atoms with Crippen LogP contribution in [0.25, 0.3) is 11.1 Å². The Labute approximate surface area is 234 Å². The van der Waals surface area contributed by atoms with E-state index in [-0.39, 0.29) is 60.0 Å². The molecule has 0 aromatic heterocycles. The lowest BCUT2D eigenvalue weighted by atomic mass is 9.83. The molecule has 1 aliphatic carbocycles. The van der Waals surface area contributed by atoms with Gasteiger partial charge in [0.15, 0.2) is 35.7 Å². The highest BCUT2D eigenvalue weighted by atomic mass is 16.7. The Bertz CT molecular complexity index is 1250. The Kier molecular flexibility index (Phi) is 7.08. The number of aliphatic imine (C=N–C) groups is 1. The van der Waals surface area contributed by atoms with Crippen molar-refractivity contribution < 1.29 is 43.0 Å². The zero-order chi connectivity index (χ0) is 28.0. The van der Waals surface area contributed by atoms with E-state index in [4.69, 9.17) is 37.9 Å². The van der Waals surface area contributed by atoms with Crippen LogP contribution in [0, 0.1) is 11.8 Å². The summed E-state index contributed by atoms with van der Waals surface area (Å²) in [4.78, 5) is 4.28. The molecule has 1 spiro atoms. The molecule has 0 unspecified atom stereocenters. The van der Waals surface area contributed by atoms with Gasteiger partial charge in [-0.15, -0.1) is 0 Å². The summed E-state index contributed by atoms with van der Waals surface area (Å²) in [7, 11) is 4.60. The minimum Gasteiger partial charge on any atom is -0.502 e. The summed E-state index contributed by atoms with van der Waals surface area (Å²) in [6.45, 7) is 5.18. The molecule has 1 N–H and O–H groups in total. The molecule has 4 aliphatic rings. The van der Waals surface area contributed by atoms with Gasteiger partial charge in [-0.2, -0.15) is 0 Å². The topological polar surface area (TPSA) is 106 Å². The molecular formula is C30H37NO9. The Hall–Kier alpha value is -3.37. The van der Waals surface area contributed by atoms with E-state index in [2.05, 4.69) is 18.8 Å². The molecule has 0 radical (unpaired) electrons. The van der Waals surface area contributed by atoms with E-state index < -0.39 is 0 Å². The number of aromatic hydroxyl groups is 1. The Balaban J connectivity index is 1.34. The Morgan fingerprint density at radius 3 is 2.30 bits per heavy atom. The first kappa shape index (κ1) is 26.8. The molecule has 10 heteroatoms. The molecule has 216 valence electrons. The quantitative estimate of drug-likeness (QED) is 0.491. The van der Waals surface area contributed by atoms with Crippen molar-refractivity contribution in [2.75, 3.05) is 34.7 Å². The van der Waals surface area contributed by atoms with Crippen molar-refractivity contribution >= 4 is 6.40 Å². The number of ether oxygens (including phenoxy) is 8. The first-order valence-corrected chi connectivity index (χ1v) is 13.8. The number of hydrogen-bond donors (Lipinski definition) is 1.